The number of hydrogen-bond acceptors (Lipinski definition) is 0. The molecule has 0 N–H and O–H groups in total. The van der Waals surface area contributed by atoms with Crippen molar-refractivity contribution in [2.75, 3.05) is 0 Å². The summed E-state index contributed by atoms with van der Waals surface area (Å²) in [7, 11) is 0. The van der Waals surface area contributed by atoms with E-state index >= 15 is 0 Å². The van der Waals surface area contributed by atoms with Gasteiger partial charge < -0.3 is 13.2 Å². The molecule has 0 nitrogen and oxygen atoms in total. The van der Waals surface area contributed by atoms with Gasteiger partial charge in [0.15, 0.2) is 0 Å². The Hall–Kier alpha value is 0.0644. The van der Waals surface area contributed by atoms with Gasteiger partial charge in [0, 0.05) is 0 Å². The van der Waals surface area contributed by atoms with Crippen molar-refractivity contribution >= 4 is 0 Å². The summed E-state index contributed by atoms with van der Waals surface area (Å²) in [6.45, 7) is 14.0. The first kappa shape index (κ1) is 19.6. The average molecular weight is 105 g/mol. The van der Waals surface area contributed by atoms with Crippen LogP contribution in [0.5, 0.6) is 0 Å². The van der Waals surface area contributed by atoms with Gasteiger partial charge in [0.2, 0.25) is 0 Å². The normalized spacial score (nSPS) is 1.60. The molecule has 0 unspecified atom stereocenters. The smallest absolute Gasteiger partial charge is 0.521 e. The molecule has 0 bridgehead atoms. The number of hydrogen-bond donors (Lipinski definition) is 0. The third-order valence-corrected chi connectivity index (χ3v) is 0. The van der Waals surface area contributed by atoms with Gasteiger partial charge in [-0.25, -0.2) is 0 Å². The van der Waals surface area contributed by atoms with Crippen LogP contribution in [0.15, 0.2) is 13.2 Å². The second-order valence-corrected chi connectivity index (χ2v) is 0. The molecule has 1 radical (unpaired) electrons. The van der Waals surface area contributed by atoms with E-state index in [0.29, 0.717) is 0 Å². The van der Waals surface area contributed by atoms with Crippen LogP contribution in [-0.2, 0) is 18.6 Å². The summed E-state index contributed by atoms with van der Waals surface area (Å²) in [5.41, 5.74) is 0. The van der Waals surface area contributed by atoms with Gasteiger partial charge in [-0.15, -0.1) is 0 Å². The van der Waals surface area contributed by atoms with E-state index in [1.807, 2.05) is 0 Å². The standard InChI is InChI=1S/2C2H3.V/c2*1-2;/h2*1H,2H2;/q2*-1;+2. The van der Waals surface area contributed by atoms with Gasteiger partial charge in [0.25, 0.3) is 0 Å². The minimum absolute atomic E-state index is 0. The van der Waals surface area contributed by atoms with Crippen molar-refractivity contribution in [3.63, 3.8) is 0 Å². The second-order valence-electron chi connectivity index (χ2n) is 0. The summed E-state index contributed by atoms with van der Waals surface area (Å²) in [6.07, 6.45) is 0. The van der Waals surface area contributed by atoms with Crippen molar-refractivity contribution < 1.29 is 18.6 Å². The Morgan fingerprint density at radius 1 is 0.800 bits per heavy atom. The van der Waals surface area contributed by atoms with E-state index in [9.17, 15) is 0 Å². The second kappa shape index (κ2) is 9200. The van der Waals surface area contributed by atoms with Crippen LogP contribution in [0.2, 0.25) is 0 Å². The molecule has 0 atom stereocenters. The number of rotatable bonds is 0. The van der Waals surface area contributed by atoms with E-state index in [2.05, 4.69) is 26.3 Å². The van der Waals surface area contributed by atoms with Crippen LogP contribution < -0.4 is 0 Å². The van der Waals surface area contributed by atoms with Gasteiger partial charge in [-0.2, -0.15) is 0 Å². The molecule has 5 heavy (non-hydrogen) atoms. The molecule has 0 aromatic carbocycles. The average Bonchev–Trinajstić information content (AvgIpc) is 1.50. The maximum atomic E-state index is 4.25. The molecule has 0 aromatic rings. The van der Waals surface area contributed by atoms with E-state index in [1.54, 1.807) is 0 Å². The molecular weight excluding hydrogens is 99.0 g/mol. The monoisotopic (exact) mass is 105 g/mol. The molecule has 0 saturated carbocycles. The molecule has 0 rings (SSSR count). The van der Waals surface area contributed by atoms with Crippen molar-refractivity contribution in [2.45, 2.75) is 0 Å². The van der Waals surface area contributed by atoms with Crippen LogP contribution >= 0.6 is 0 Å². The summed E-state index contributed by atoms with van der Waals surface area (Å²) in [4.78, 5) is 0. The molecule has 0 spiro atoms. The van der Waals surface area contributed by atoms with Gasteiger partial charge in [-0.05, 0) is 0 Å². The largest absolute Gasteiger partial charge is 2.00 e. The predicted octanol–water partition coefficient (Wildman–Crippen LogP) is 1.21. The topological polar surface area (TPSA) is 0 Å². The van der Waals surface area contributed by atoms with E-state index in [1.165, 1.54) is 0 Å². The molecule has 0 aliphatic rings. The Morgan fingerprint density at radius 3 is 0.800 bits per heavy atom. The minimum Gasteiger partial charge on any atom is -0.521 e. The van der Waals surface area contributed by atoms with E-state index in [-0.39, 0.29) is 18.6 Å². The molecule has 0 aliphatic carbocycles. The summed E-state index contributed by atoms with van der Waals surface area (Å²) in [6, 6.07) is 0. The fourth-order valence-electron chi connectivity index (χ4n) is 0. The van der Waals surface area contributed by atoms with Gasteiger partial charge in [0.05, 0.1) is 0 Å². The zero-order chi connectivity index (χ0) is 4.00. The van der Waals surface area contributed by atoms with Crippen LogP contribution in [0.1, 0.15) is 0 Å². The summed E-state index contributed by atoms with van der Waals surface area (Å²) in [5.74, 6) is 0. The Balaban J connectivity index is -0.0000000133. The molecule has 0 heterocycles. The fourth-order valence-corrected chi connectivity index (χ4v) is 0. The molecule has 0 saturated heterocycles. The van der Waals surface area contributed by atoms with Crippen molar-refractivity contribution in [1.29, 1.82) is 0 Å². The van der Waals surface area contributed by atoms with E-state index in [0.717, 1.165) is 0 Å². The molecular formula is C4H6V. The van der Waals surface area contributed by atoms with E-state index in [4.69, 9.17) is 0 Å². The van der Waals surface area contributed by atoms with Gasteiger partial charge in [-0.3, -0.25) is 13.2 Å². The molecule has 1 heteroatoms. The summed E-state index contributed by atoms with van der Waals surface area (Å²) < 4.78 is 0. The van der Waals surface area contributed by atoms with Crippen LogP contribution in [0.3, 0.4) is 0 Å². The SMILES string of the molecule is [CH-]=C.[CH-]=C.[V+2]. The summed E-state index contributed by atoms with van der Waals surface area (Å²) in [5, 5.41) is 0. The Kier molecular flexibility index (Phi) is 36100. The van der Waals surface area contributed by atoms with Crippen LogP contribution in [-0.4, -0.2) is 0 Å². The first-order valence-corrected chi connectivity index (χ1v) is 0.816. The van der Waals surface area contributed by atoms with Crippen LogP contribution in [0.4, 0.5) is 0 Å². The summed E-state index contributed by atoms with van der Waals surface area (Å²) >= 11 is 0. The van der Waals surface area contributed by atoms with Crippen molar-refractivity contribution in [3.8, 4) is 0 Å². The van der Waals surface area contributed by atoms with Crippen LogP contribution in [0, 0.1) is 13.2 Å². The maximum absolute atomic E-state index is 4.25. The molecule has 0 fully saturated rings. The zero-order valence-electron chi connectivity index (χ0n) is 3.02. The molecule has 0 aliphatic heterocycles. The van der Waals surface area contributed by atoms with E-state index < -0.39 is 0 Å². The molecule has 0 aromatic heterocycles. The fraction of sp³-hybridized carbons (Fsp3) is 0. The van der Waals surface area contributed by atoms with Crippen molar-refractivity contribution in [2.24, 2.45) is 0 Å². The van der Waals surface area contributed by atoms with Gasteiger partial charge >= 0.3 is 18.6 Å². The Bertz CT molecular complexity index is 5.61. The molecule has 0 amide bonds. The first-order chi connectivity index (χ1) is 2.00. The maximum Gasteiger partial charge on any atom is 2.00 e. The first-order valence-electron chi connectivity index (χ1n) is 0.816. The Labute approximate surface area is 45.5 Å². The third kappa shape index (κ3) is 4170. The Morgan fingerprint density at radius 2 is 0.800 bits per heavy atom. The quantitative estimate of drug-likeness (QED) is 0.406. The molecule has 27 valence electrons. The van der Waals surface area contributed by atoms with Crippen LogP contribution in [0.25, 0.3) is 0 Å². The minimum atomic E-state index is 0. The van der Waals surface area contributed by atoms with Crippen molar-refractivity contribution in [1.82, 2.24) is 0 Å². The zero-order valence-corrected chi connectivity index (χ0v) is 4.41. The third-order valence-electron chi connectivity index (χ3n) is 0. The van der Waals surface area contributed by atoms with Crippen molar-refractivity contribution in [3.05, 3.63) is 26.3 Å². The predicted molar refractivity (Wildman–Crippen MR) is 19.9 cm³/mol. The van der Waals surface area contributed by atoms with Gasteiger partial charge in [-0.1, -0.05) is 0 Å². The van der Waals surface area contributed by atoms with Gasteiger partial charge in [0.1, 0.15) is 0 Å².